The summed E-state index contributed by atoms with van der Waals surface area (Å²) in [5.74, 6) is 0. The summed E-state index contributed by atoms with van der Waals surface area (Å²) in [5, 5.41) is 0. The zero-order chi connectivity index (χ0) is 10.6. The minimum absolute atomic E-state index is 0.238. The van der Waals surface area contributed by atoms with Gasteiger partial charge in [-0.25, -0.2) is 0 Å². The van der Waals surface area contributed by atoms with Crippen LogP contribution in [0.5, 0.6) is 0 Å². The Kier molecular flexibility index (Phi) is 3.63. The summed E-state index contributed by atoms with van der Waals surface area (Å²) in [6.45, 7) is 6.50. The standard InChI is InChI=1S/C11H16NO2/c1-4-11-7-12(6-5-9(11)2)10(3)14-8-13/h5-8,10H,4H2,1-3H3/q+1. The minimum atomic E-state index is -0.238. The second-order valence-corrected chi connectivity index (χ2v) is 3.29. The molecule has 0 spiro atoms. The third kappa shape index (κ3) is 2.31. The van der Waals surface area contributed by atoms with Crippen molar-refractivity contribution in [1.82, 2.24) is 0 Å². The summed E-state index contributed by atoms with van der Waals surface area (Å²) < 4.78 is 6.74. The Balaban J connectivity index is 2.93. The lowest BCUT2D eigenvalue weighted by molar-refractivity contribution is -0.753. The highest BCUT2D eigenvalue weighted by Crippen LogP contribution is 2.06. The van der Waals surface area contributed by atoms with Gasteiger partial charge in [-0.3, -0.25) is 4.79 Å². The molecule has 1 aromatic heterocycles. The van der Waals surface area contributed by atoms with Crippen molar-refractivity contribution in [1.29, 1.82) is 0 Å². The van der Waals surface area contributed by atoms with Gasteiger partial charge in [-0.1, -0.05) is 6.92 Å². The fourth-order valence-corrected chi connectivity index (χ4v) is 1.38. The van der Waals surface area contributed by atoms with E-state index in [1.807, 2.05) is 30.0 Å². The number of nitrogens with zero attached hydrogens (tertiary/aromatic N) is 1. The molecule has 3 heteroatoms. The molecule has 14 heavy (non-hydrogen) atoms. The summed E-state index contributed by atoms with van der Waals surface area (Å²) >= 11 is 0. The molecule has 1 atom stereocenters. The second kappa shape index (κ2) is 4.74. The predicted octanol–water partition coefficient (Wildman–Crippen LogP) is 1.54. The van der Waals surface area contributed by atoms with Crippen molar-refractivity contribution in [2.24, 2.45) is 0 Å². The molecule has 1 aromatic rings. The Hall–Kier alpha value is -1.38. The van der Waals surface area contributed by atoms with E-state index in [1.54, 1.807) is 0 Å². The zero-order valence-corrected chi connectivity index (χ0v) is 8.86. The van der Waals surface area contributed by atoms with Crippen molar-refractivity contribution in [3.8, 4) is 0 Å². The molecule has 0 saturated heterocycles. The number of aromatic nitrogens is 1. The predicted molar refractivity (Wildman–Crippen MR) is 52.6 cm³/mol. The zero-order valence-electron chi connectivity index (χ0n) is 8.86. The summed E-state index contributed by atoms with van der Waals surface area (Å²) in [5.41, 5.74) is 2.54. The number of pyridine rings is 1. The first-order valence-corrected chi connectivity index (χ1v) is 4.78. The molecule has 0 aliphatic carbocycles. The van der Waals surface area contributed by atoms with Gasteiger partial charge in [0.2, 0.25) is 0 Å². The molecule has 0 bridgehead atoms. The lowest BCUT2D eigenvalue weighted by Gasteiger charge is -2.06. The Bertz CT molecular complexity index is 323. The van der Waals surface area contributed by atoms with Crippen molar-refractivity contribution >= 4 is 6.47 Å². The van der Waals surface area contributed by atoms with Crippen molar-refractivity contribution in [2.45, 2.75) is 33.4 Å². The second-order valence-electron chi connectivity index (χ2n) is 3.29. The fourth-order valence-electron chi connectivity index (χ4n) is 1.38. The molecule has 0 N–H and O–H groups in total. The Morgan fingerprint density at radius 2 is 2.36 bits per heavy atom. The van der Waals surface area contributed by atoms with Gasteiger partial charge >= 0.3 is 6.23 Å². The molecule has 0 fully saturated rings. The van der Waals surface area contributed by atoms with Gasteiger partial charge in [-0.15, -0.1) is 0 Å². The topological polar surface area (TPSA) is 30.2 Å². The van der Waals surface area contributed by atoms with Gasteiger partial charge in [0.1, 0.15) is 0 Å². The van der Waals surface area contributed by atoms with Crippen LogP contribution >= 0.6 is 0 Å². The van der Waals surface area contributed by atoms with Crippen molar-refractivity contribution < 1.29 is 14.1 Å². The van der Waals surface area contributed by atoms with Crippen LogP contribution in [0.3, 0.4) is 0 Å². The van der Waals surface area contributed by atoms with Crippen LogP contribution in [0.1, 0.15) is 31.2 Å². The first-order chi connectivity index (χ1) is 6.69. The van der Waals surface area contributed by atoms with Gasteiger partial charge in [-0.05, 0) is 18.9 Å². The van der Waals surface area contributed by atoms with E-state index in [-0.39, 0.29) is 6.23 Å². The van der Waals surface area contributed by atoms with Gasteiger partial charge in [0.25, 0.3) is 6.47 Å². The highest BCUT2D eigenvalue weighted by atomic mass is 16.5. The van der Waals surface area contributed by atoms with Crippen molar-refractivity contribution in [3.05, 3.63) is 29.6 Å². The molecule has 0 amide bonds. The molecule has 1 unspecified atom stereocenters. The van der Waals surface area contributed by atoms with Gasteiger partial charge in [0, 0.05) is 18.6 Å². The molecule has 0 aliphatic rings. The maximum Gasteiger partial charge on any atom is 0.301 e. The molecule has 1 heterocycles. The molecular weight excluding hydrogens is 178 g/mol. The Morgan fingerprint density at radius 1 is 1.64 bits per heavy atom. The number of aryl methyl sites for hydroxylation is 2. The van der Waals surface area contributed by atoms with Crippen LogP contribution in [0, 0.1) is 6.92 Å². The first kappa shape index (κ1) is 10.7. The molecule has 3 nitrogen and oxygen atoms in total. The van der Waals surface area contributed by atoms with E-state index in [4.69, 9.17) is 4.74 Å². The van der Waals surface area contributed by atoms with E-state index >= 15 is 0 Å². The van der Waals surface area contributed by atoms with E-state index in [0.717, 1.165) is 6.42 Å². The number of ether oxygens (including phenoxy) is 1. The van der Waals surface area contributed by atoms with Gasteiger partial charge in [-0.2, -0.15) is 4.57 Å². The number of hydrogen-bond acceptors (Lipinski definition) is 2. The summed E-state index contributed by atoms with van der Waals surface area (Å²) in [6, 6.07) is 2.03. The van der Waals surface area contributed by atoms with Gasteiger partial charge in [0.05, 0.1) is 0 Å². The average Bonchev–Trinajstić information content (AvgIpc) is 2.19. The molecular formula is C11H16NO2+. The molecule has 0 radical (unpaired) electrons. The normalized spacial score (nSPS) is 12.2. The van der Waals surface area contributed by atoms with Crippen LogP contribution in [0.15, 0.2) is 18.5 Å². The van der Waals surface area contributed by atoms with E-state index in [0.29, 0.717) is 6.47 Å². The molecule has 1 rings (SSSR count). The number of carbonyl (C=O) groups is 1. The van der Waals surface area contributed by atoms with E-state index in [9.17, 15) is 4.79 Å². The van der Waals surface area contributed by atoms with Crippen LogP contribution in [-0.2, 0) is 16.0 Å². The Morgan fingerprint density at radius 3 is 2.93 bits per heavy atom. The largest absolute Gasteiger partial charge is 0.405 e. The quantitative estimate of drug-likeness (QED) is 0.537. The van der Waals surface area contributed by atoms with Crippen LogP contribution in [-0.4, -0.2) is 6.47 Å². The van der Waals surface area contributed by atoms with Crippen molar-refractivity contribution in [3.63, 3.8) is 0 Å². The smallest absolute Gasteiger partial charge is 0.301 e. The van der Waals surface area contributed by atoms with Crippen LogP contribution in [0.25, 0.3) is 0 Å². The summed E-state index contributed by atoms with van der Waals surface area (Å²) in [7, 11) is 0. The third-order valence-electron chi connectivity index (χ3n) is 2.36. The maximum absolute atomic E-state index is 10.2. The first-order valence-electron chi connectivity index (χ1n) is 4.78. The van der Waals surface area contributed by atoms with Gasteiger partial charge < -0.3 is 4.74 Å². The third-order valence-corrected chi connectivity index (χ3v) is 2.36. The Labute approximate surface area is 84.3 Å². The average molecular weight is 194 g/mol. The highest BCUT2D eigenvalue weighted by molar-refractivity contribution is 5.36. The van der Waals surface area contributed by atoms with Crippen LogP contribution in [0.4, 0.5) is 0 Å². The van der Waals surface area contributed by atoms with E-state index in [2.05, 4.69) is 13.8 Å². The SMILES string of the molecule is CCc1c[n+](C(C)OC=O)ccc1C. The summed E-state index contributed by atoms with van der Waals surface area (Å²) in [6.07, 6.45) is 4.69. The fraction of sp³-hybridized carbons (Fsp3) is 0.455. The van der Waals surface area contributed by atoms with Crippen LogP contribution in [0.2, 0.25) is 0 Å². The van der Waals surface area contributed by atoms with Crippen molar-refractivity contribution in [2.75, 3.05) is 0 Å². The number of carbonyl (C=O) groups excluding carboxylic acids is 1. The molecule has 0 aliphatic heterocycles. The number of hydrogen-bond donors (Lipinski definition) is 0. The maximum atomic E-state index is 10.2. The molecule has 76 valence electrons. The lowest BCUT2D eigenvalue weighted by Crippen LogP contribution is -2.39. The summed E-state index contributed by atoms with van der Waals surface area (Å²) in [4.78, 5) is 10.2. The minimum Gasteiger partial charge on any atom is -0.405 e. The van der Waals surface area contributed by atoms with E-state index in [1.165, 1.54) is 11.1 Å². The van der Waals surface area contributed by atoms with Crippen LogP contribution < -0.4 is 4.57 Å². The highest BCUT2D eigenvalue weighted by Gasteiger charge is 2.13. The van der Waals surface area contributed by atoms with E-state index < -0.39 is 0 Å². The monoisotopic (exact) mass is 194 g/mol. The number of rotatable bonds is 4. The molecule has 0 aromatic carbocycles. The van der Waals surface area contributed by atoms with Gasteiger partial charge in [0.15, 0.2) is 12.4 Å². The molecule has 0 saturated carbocycles. The lowest BCUT2D eigenvalue weighted by atomic mass is 10.1.